The molecule has 1 aromatic rings. The second-order valence-electron chi connectivity index (χ2n) is 6.08. The molecule has 1 amide bonds. The maximum atomic E-state index is 12.6. The van der Waals surface area contributed by atoms with Crippen LogP contribution in [0.2, 0.25) is 0 Å². The quantitative estimate of drug-likeness (QED) is 0.930. The van der Waals surface area contributed by atoms with E-state index in [4.69, 9.17) is 4.74 Å². The first-order valence-corrected chi connectivity index (χ1v) is 7.98. The Morgan fingerprint density at radius 2 is 2.29 bits per heavy atom. The molecule has 1 fully saturated rings. The normalized spacial score (nSPS) is 21.3. The summed E-state index contributed by atoms with van der Waals surface area (Å²) in [5.41, 5.74) is 3.22. The van der Waals surface area contributed by atoms with E-state index in [1.807, 2.05) is 25.2 Å². The number of hydrogen-bond donors (Lipinski definition) is 1. The predicted octanol–water partition coefficient (Wildman–Crippen LogP) is 2.69. The van der Waals surface area contributed by atoms with E-state index < -0.39 is 0 Å². The molecule has 3 rings (SSSR count). The van der Waals surface area contributed by atoms with Crippen molar-refractivity contribution in [1.29, 1.82) is 0 Å². The lowest BCUT2D eigenvalue weighted by Crippen LogP contribution is -2.37. The van der Waals surface area contributed by atoms with Gasteiger partial charge in [-0.15, -0.1) is 0 Å². The summed E-state index contributed by atoms with van der Waals surface area (Å²) < 4.78 is 5.72. The van der Waals surface area contributed by atoms with Crippen molar-refractivity contribution in [2.75, 3.05) is 32.1 Å². The van der Waals surface area contributed by atoms with Crippen LogP contribution in [0.15, 0.2) is 18.2 Å². The van der Waals surface area contributed by atoms with Gasteiger partial charge in [0.25, 0.3) is 5.91 Å². The molecular formula is C17H24N2O2. The zero-order valence-corrected chi connectivity index (χ0v) is 12.7. The van der Waals surface area contributed by atoms with Crippen molar-refractivity contribution in [3.8, 4) is 0 Å². The lowest BCUT2D eigenvalue weighted by molar-refractivity contribution is -0.000188. The van der Waals surface area contributed by atoms with Gasteiger partial charge in [-0.05, 0) is 55.9 Å². The van der Waals surface area contributed by atoms with Crippen LogP contribution in [0.4, 0.5) is 5.69 Å². The number of carbonyl (C=O) groups is 1. The average molecular weight is 288 g/mol. The van der Waals surface area contributed by atoms with Gasteiger partial charge < -0.3 is 15.0 Å². The maximum Gasteiger partial charge on any atom is 0.253 e. The smallest absolute Gasteiger partial charge is 0.253 e. The largest absolute Gasteiger partial charge is 0.385 e. The van der Waals surface area contributed by atoms with Crippen LogP contribution in [0.1, 0.15) is 41.6 Å². The molecule has 2 aliphatic rings. The number of amides is 1. The van der Waals surface area contributed by atoms with Gasteiger partial charge in [0.1, 0.15) is 0 Å². The maximum absolute atomic E-state index is 12.6. The SMILES string of the molecule is CN(CC1CCCCO1)C(=O)c1ccc2c(c1)CCCN2. The Labute approximate surface area is 126 Å². The van der Waals surface area contributed by atoms with Crippen molar-refractivity contribution in [3.63, 3.8) is 0 Å². The number of hydrogen-bond acceptors (Lipinski definition) is 3. The van der Waals surface area contributed by atoms with Gasteiger partial charge in [-0.25, -0.2) is 0 Å². The Morgan fingerprint density at radius 3 is 3.10 bits per heavy atom. The predicted molar refractivity (Wildman–Crippen MR) is 83.8 cm³/mol. The molecule has 0 aromatic heterocycles. The fourth-order valence-electron chi connectivity index (χ4n) is 3.17. The summed E-state index contributed by atoms with van der Waals surface area (Å²) in [6.07, 6.45) is 5.80. The second-order valence-corrected chi connectivity index (χ2v) is 6.08. The highest BCUT2D eigenvalue weighted by Crippen LogP contribution is 2.23. The molecule has 1 N–H and O–H groups in total. The molecule has 1 aromatic carbocycles. The monoisotopic (exact) mass is 288 g/mol. The van der Waals surface area contributed by atoms with Crippen LogP contribution in [0.25, 0.3) is 0 Å². The van der Waals surface area contributed by atoms with Crippen molar-refractivity contribution in [3.05, 3.63) is 29.3 Å². The molecule has 0 spiro atoms. The summed E-state index contributed by atoms with van der Waals surface area (Å²) in [7, 11) is 1.87. The van der Waals surface area contributed by atoms with E-state index in [0.717, 1.165) is 44.4 Å². The van der Waals surface area contributed by atoms with E-state index in [1.54, 1.807) is 4.90 Å². The van der Waals surface area contributed by atoms with Crippen molar-refractivity contribution in [2.24, 2.45) is 0 Å². The van der Waals surface area contributed by atoms with Crippen LogP contribution in [-0.2, 0) is 11.2 Å². The molecule has 4 heteroatoms. The summed E-state index contributed by atoms with van der Waals surface area (Å²) in [4.78, 5) is 14.4. The van der Waals surface area contributed by atoms with Crippen LogP contribution >= 0.6 is 0 Å². The Balaban J connectivity index is 1.66. The van der Waals surface area contributed by atoms with Gasteiger partial charge in [-0.2, -0.15) is 0 Å². The van der Waals surface area contributed by atoms with E-state index in [9.17, 15) is 4.79 Å². The molecule has 1 atom stereocenters. The number of ether oxygens (including phenoxy) is 1. The van der Waals surface area contributed by atoms with Crippen LogP contribution in [0, 0.1) is 0 Å². The zero-order chi connectivity index (χ0) is 14.7. The van der Waals surface area contributed by atoms with Gasteiger partial charge in [-0.3, -0.25) is 4.79 Å². The summed E-state index contributed by atoms with van der Waals surface area (Å²) >= 11 is 0. The third-order valence-corrected chi connectivity index (χ3v) is 4.39. The first-order chi connectivity index (χ1) is 10.2. The minimum Gasteiger partial charge on any atom is -0.385 e. The Kier molecular flexibility index (Phi) is 4.44. The molecule has 0 aliphatic carbocycles. The second kappa shape index (κ2) is 6.48. The minimum atomic E-state index is 0.0950. The Hall–Kier alpha value is -1.55. The number of benzene rings is 1. The molecule has 2 aliphatic heterocycles. The minimum absolute atomic E-state index is 0.0950. The summed E-state index contributed by atoms with van der Waals surface area (Å²) in [6.45, 7) is 2.55. The van der Waals surface area contributed by atoms with Crippen molar-refractivity contribution < 1.29 is 9.53 Å². The van der Waals surface area contributed by atoms with Gasteiger partial charge in [-0.1, -0.05) is 0 Å². The van der Waals surface area contributed by atoms with Gasteiger partial charge in [0.15, 0.2) is 0 Å². The number of nitrogens with zero attached hydrogens (tertiary/aromatic N) is 1. The lowest BCUT2D eigenvalue weighted by Gasteiger charge is -2.28. The molecule has 4 nitrogen and oxygen atoms in total. The standard InChI is InChI=1S/C17H24N2O2/c1-19(12-15-6-2-3-10-21-15)17(20)14-7-8-16-13(11-14)5-4-9-18-16/h7-8,11,15,18H,2-6,9-10,12H2,1H3. The molecule has 114 valence electrons. The third-order valence-electron chi connectivity index (χ3n) is 4.39. The van der Waals surface area contributed by atoms with Crippen LogP contribution < -0.4 is 5.32 Å². The van der Waals surface area contributed by atoms with Crippen LogP contribution in [0.5, 0.6) is 0 Å². The van der Waals surface area contributed by atoms with Gasteiger partial charge in [0.2, 0.25) is 0 Å². The summed E-state index contributed by atoms with van der Waals surface area (Å²) in [5, 5.41) is 3.38. The fourth-order valence-corrected chi connectivity index (χ4v) is 3.17. The topological polar surface area (TPSA) is 41.6 Å². The summed E-state index contributed by atoms with van der Waals surface area (Å²) in [6, 6.07) is 6.01. The number of nitrogens with one attached hydrogen (secondary N) is 1. The van der Waals surface area contributed by atoms with E-state index in [2.05, 4.69) is 5.32 Å². The fraction of sp³-hybridized carbons (Fsp3) is 0.588. The molecule has 0 saturated carbocycles. The number of fused-ring (bicyclic) bond motifs is 1. The van der Waals surface area contributed by atoms with Crippen molar-refractivity contribution in [2.45, 2.75) is 38.2 Å². The number of carbonyl (C=O) groups excluding carboxylic acids is 1. The summed E-state index contributed by atoms with van der Waals surface area (Å²) in [5.74, 6) is 0.0950. The van der Waals surface area contributed by atoms with Crippen molar-refractivity contribution in [1.82, 2.24) is 4.90 Å². The van der Waals surface area contributed by atoms with Crippen molar-refractivity contribution >= 4 is 11.6 Å². The molecule has 1 saturated heterocycles. The van der Waals surface area contributed by atoms with Gasteiger partial charge in [0.05, 0.1) is 6.10 Å². The van der Waals surface area contributed by atoms with E-state index >= 15 is 0 Å². The first kappa shape index (κ1) is 14.4. The molecule has 0 radical (unpaired) electrons. The highest BCUT2D eigenvalue weighted by Gasteiger charge is 2.20. The van der Waals surface area contributed by atoms with Crippen LogP contribution in [0.3, 0.4) is 0 Å². The highest BCUT2D eigenvalue weighted by molar-refractivity contribution is 5.94. The van der Waals surface area contributed by atoms with E-state index in [-0.39, 0.29) is 12.0 Å². The number of likely N-dealkylation sites (N-methyl/N-ethyl adjacent to an activating group) is 1. The zero-order valence-electron chi connectivity index (χ0n) is 12.7. The number of aryl methyl sites for hydroxylation is 1. The Morgan fingerprint density at radius 1 is 1.38 bits per heavy atom. The molecular weight excluding hydrogens is 264 g/mol. The van der Waals surface area contributed by atoms with E-state index in [1.165, 1.54) is 17.7 Å². The van der Waals surface area contributed by atoms with Crippen LogP contribution in [-0.4, -0.2) is 43.7 Å². The number of anilines is 1. The Bertz CT molecular complexity index is 510. The van der Waals surface area contributed by atoms with E-state index in [0.29, 0.717) is 6.54 Å². The third kappa shape index (κ3) is 3.38. The first-order valence-electron chi connectivity index (χ1n) is 7.98. The average Bonchev–Trinajstić information content (AvgIpc) is 2.54. The lowest BCUT2D eigenvalue weighted by atomic mass is 10.00. The van der Waals surface area contributed by atoms with Gasteiger partial charge >= 0.3 is 0 Å². The van der Waals surface area contributed by atoms with Gasteiger partial charge in [0, 0.05) is 38.0 Å². The molecule has 21 heavy (non-hydrogen) atoms. The molecule has 0 bridgehead atoms. The highest BCUT2D eigenvalue weighted by atomic mass is 16.5. The molecule has 2 heterocycles. The number of rotatable bonds is 3. The molecule has 1 unspecified atom stereocenters.